The molecular formula is C21H24F3NO6S3. The maximum Gasteiger partial charge on any atom is 0.480 e. The van der Waals surface area contributed by atoms with Crippen LogP contribution < -0.4 is 4.74 Å². The fraction of sp³-hybridized carbons (Fsp3) is 0.524. The lowest BCUT2D eigenvalue weighted by molar-refractivity contribution is -0.0425. The van der Waals surface area contributed by atoms with Crippen LogP contribution in [0.4, 0.5) is 13.2 Å². The van der Waals surface area contributed by atoms with Gasteiger partial charge < -0.3 is 8.86 Å². The number of halogens is 3. The van der Waals surface area contributed by atoms with Crippen LogP contribution in [0.15, 0.2) is 41.3 Å². The Labute approximate surface area is 199 Å². The highest BCUT2D eigenvalue weighted by Gasteiger charge is 2.41. The number of ether oxygens (including phenoxy) is 1. The largest absolute Gasteiger partial charge is 0.490 e. The molecule has 188 valence electrons. The van der Waals surface area contributed by atoms with Gasteiger partial charge in [0.15, 0.2) is 14.9 Å². The second kappa shape index (κ2) is 9.84. The maximum absolute atomic E-state index is 12.4. The van der Waals surface area contributed by atoms with E-state index < -0.39 is 31.9 Å². The second-order valence-corrected chi connectivity index (χ2v) is 13.6. The van der Waals surface area contributed by atoms with Gasteiger partial charge in [-0.15, -0.1) is 0 Å². The zero-order valence-electron chi connectivity index (χ0n) is 18.0. The van der Waals surface area contributed by atoms with Crippen molar-refractivity contribution in [1.82, 2.24) is 0 Å². The minimum atomic E-state index is -6.20. The molecule has 1 saturated heterocycles. The van der Waals surface area contributed by atoms with Crippen molar-refractivity contribution in [2.75, 3.05) is 11.5 Å². The van der Waals surface area contributed by atoms with Crippen LogP contribution in [-0.4, -0.2) is 46.1 Å². The van der Waals surface area contributed by atoms with Gasteiger partial charge in [0.2, 0.25) is 10.3 Å². The highest BCUT2D eigenvalue weighted by molar-refractivity contribution is 8.10. The number of sulfonamides is 1. The van der Waals surface area contributed by atoms with Crippen LogP contribution in [0.25, 0.3) is 14.9 Å². The Morgan fingerprint density at radius 2 is 1.44 bits per heavy atom. The first-order valence-corrected chi connectivity index (χ1v) is 15.2. The molecule has 0 N–H and O–H groups in total. The van der Waals surface area contributed by atoms with Gasteiger partial charge >= 0.3 is 5.51 Å². The molecule has 0 aromatic heterocycles. The van der Waals surface area contributed by atoms with Gasteiger partial charge in [-0.2, -0.15) is 13.2 Å². The van der Waals surface area contributed by atoms with Gasteiger partial charge in [-0.1, -0.05) is 18.2 Å². The van der Waals surface area contributed by atoms with E-state index in [4.69, 9.17) is 4.74 Å². The molecule has 34 heavy (non-hydrogen) atoms. The lowest BCUT2D eigenvalue weighted by Crippen LogP contribution is -2.31. The molecule has 4 rings (SSSR count). The summed E-state index contributed by atoms with van der Waals surface area (Å²) in [6, 6.07) is 12.1. The molecule has 0 radical (unpaired) electrons. The van der Waals surface area contributed by atoms with Gasteiger partial charge in [0.05, 0.1) is 12.2 Å². The maximum atomic E-state index is 12.4. The van der Waals surface area contributed by atoms with Gasteiger partial charge in [-0.3, -0.25) is 4.18 Å². The molecule has 1 saturated carbocycles. The average molecular weight is 540 g/mol. The minimum absolute atomic E-state index is 0.172. The average Bonchev–Trinajstić information content (AvgIpc) is 3.28. The summed E-state index contributed by atoms with van der Waals surface area (Å²) in [6.07, 6.45) is 2.41. The summed E-state index contributed by atoms with van der Waals surface area (Å²) in [5, 5.41) is 2.18. The molecule has 0 amide bonds. The Bertz CT molecular complexity index is 1240. The topological polar surface area (TPSA) is 101 Å². The number of nitrogens with zero attached hydrogens (tertiary/aromatic N) is 1. The molecular weight excluding hydrogens is 515 g/mol. The van der Waals surface area contributed by atoms with Crippen LogP contribution in [0, 0.1) is 0 Å². The Morgan fingerprint density at radius 1 is 0.853 bits per heavy atom. The number of fused-ring (bicyclic) bond motifs is 1. The lowest BCUT2D eigenvalue weighted by atomic mass is 9.95. The molecule has 0 unspecified atom stereocenters. The second-order valence-electron chi connectivity index (χ2n) is 8.25. The highest BCUT2D eigenvalue weighted by Crippen LogP contribution is 2.37. The molecule has 1 aliphatic carbocycles. The van der Waals surface area contributed by atoms with E-state index in [9.17, 15) is 30.0 Å². The van der Waals surface area contributed by atoms with Crippen molar-refractivity contribution >= 4 is 42.0 Å². The predicted molar refractivity (Wildman–Crippen MR) is 124 cm³/mol. The molecule has 7 nitrogen and oxygen atoms in total. The summed E-state index contributed by atoms with van der Waals surface area (Å²) in [7, 11) is -11.2. The summed E-state index contributed by atoms with van der Waals surface area (Å²) in [5.74, 6) is 3.13. The number of hydrogen-bond acceptors (Lipinski definition) is 6. The number of alkyl halides is 3. The molecule has 0 spiro atoms. The fourth-order valence-electron chi connectivity index (χ4n) is 4.25. The van der Waals surface area contributed by atoms with E-state index in [-0.39, 0.29) is 29.8 Å². The van der Waals surface area contributed by atoms with Crippen LogP contribution in [-0.2, 0) is 35.4 Å². The number of benzene rings is 2. The van der Waals surface area contributed by atoms with Crippen molar-refractivity contribution in [3.05, 3.63) is 40.5 Å². The van der Waals surface area contributed by atoms with Crippen molar-refractivity contribution in [1.29, 1.82) is 0 Å². The highest BCUT2D eigenvalue weighted by atomic mass is 32.3. The Kier molecular flexibility index (Phi) is 7.40. The SMILES string of the molecule is O=S(=O)([N-]S(=O)(=O)C(F)(F)F)OC1CCC(Oc2ccc([S+]3CCCC3)c3ccccc23)CC1. The standard InChI is InChI=1S/C21H24F3NO6S3/c22-21(23,24)33(26,27)25-34(28,29)31-16-9-7-15(8-10-16)30-19-11-12-20(32-13-3-4-14-32)18-6-2-1-5-17(18)19/h1-2,5-6,11-12,15-16H,3-4,7-10,13-14H2. The van der Waals surface area contributed by atoms with Crippen LogP contribution in [0.2, 0.25) is 0 Å². The van der Waals surface area contributed by atoms with Crippen molar-refractivity contribution in [2.24, 2.45) is 0 Å². The van der Waals surface area contributed by atoms with Crippen LogP contribution in [0.1, 0.15) is 38.5 Å². The van der Waals surface area contributed by atoms with E-state index in [1.807, 2.05) is 28.4 Å². The quantitative estimate of drug-likeness (QED) is 0.469. The summed E-state index contributed by atoms with van der Waals surface area (Å²) < 4.78 is 95.5. The van der Waals surface area contributed by atoms with Crippen LogP contribution in [0.5, 0.6) is 5.75 Å². The Morgan fingerprint density at radius 3 is 2.06 bits per heavy atom. The van der Waals surface area contributed by atoms with E-state index in [1.165, 1.54) is 34.6 Å². The Hall–Kier alpha value is -1.54. The lowest BCUT2D eigenvalue weighted by Gasteiger charge is -2.31. The summed E-state index contributed by atoms with van der Waals surface area (Å²) in [4.78, 5) is 1.35. The first kappa shape index (κ1) is 25.5. The van der Waals surface area contributed by atoms with Crippen molar-refractivity contribution < 1.29 is 38.9 Å². The third kappa shape index (κ3) is 5.81. The van der Waals surface area contributed by atoms with E-state index in [0.717, 1.165) is 11.1 Å². The van der Waals surface area contributed by atoms with Crippen molar-refractivity contribution in [2.45, 2.75) is 61.1 Å². The van der Waals surface area contributed by atoms with Gasteiger partial charge in [-0.05, 0) is 56.7 Å². The van der Waals surface area contributed by atoms with Gasteiger partial charge in [-0.25, -0.2) is 16.8 Å². The zero-order valence-corrected chi connectivity index (χ0v) is 20.5. The molecule has 0 bridgehead atoms. The molecule has 2 aliphatic rings. The molecule has 13 heteroatoms. The molecule has 2 fully saturated rings. The predicted octanol–water partition coefficient (Wildman–Crippen LogP) is 4.79. The van der Waals surface area contributed by atoms with E-state index in [2.05, 4.69) is 16.3 Å². The normalized spacial score (nSPS) is 22.8. The minimum Gasteiger partial charge on any atom is -0.490 e. The molecule has 1 heterocycles. The van der Waals surface area contributed by atoms with Crippen LogP contribution in [0.3, 0.4) is 0 Å². The van der Waals surface area contributed by atoms with Gasteiger partial charge in [0, 0.05) is 21.7 Å². The summed E-state index contributed by atoms with van der Waals surface area (Å²) in [6.45, 7) is 0. The van der Waals surface area contributed by atoms with Crippen LogP contribution >= 0.6 is 0 Å². The fourth-order valence-corrected chi connectivity index (χ4v) is 8.73. The zero-order chi connectivity index (χ0) is 24.6. The summed E-state index contributed by atoms with van der Waals surface area (Å²) >= 11 is 0. The van der Waals surface area contributed by atoms with Crippen molar-refractivity contribution in [3.8, 4) is 5.75 Å². The van der Waals surface area contributed by atoms with E-state index >= 15 is 0 Å². The third-order valence-corrected chi connectivity index (χ3v) is 11.0. The van der Waals surface area contributed by atoms with E-state index in [1.54, 1.807) is 0 Å². The summed E-state index contributed by atoms with van der Waals surface area (Å²) in [5.41, 5.74) is -5.81. The molecule has 1 aliphatic heterocycles. The Balaban J connectivity index is 1.39. The first-order valence-electron chi connectivity index (χ1n) is 10.8. The van der Waals surface area contributed by atoms with Gasteiger partial charge in [0.1, 0.15) is 17.3 Å². The van der Waals surface area contributed by atoms with Crippen molar-refractivity contribution in [3.63, 3.8) is 0 Å². The van der Waals surface area contributed by atoms with Gasteiger partial charge in [0.25, 0.3) is 0 Å². The third-order valence-electron chi connectivity index (χ3n) is 5.84. The molecule has 0 atom stereocenters. The number of rotatable bonds is 7. The monoisotopic (exact) mass is 539 g/mol. The molecule has 2 aromatic carbocycles. The van der Waals surface area contributed by atoms with E-state index in [0.29, 0.717) is 12.8 Å². The molecule has 2 aromatic rings. The first-order chi connectivity index (χ1) is 16.0. The smallest absolute Gasteiger partial charge is 0.480 e. The number of hydrogen-bond donors (Lipinski definition) is 0.